The van der Waals surface area contributed by atoms with Crippen LogP contribution in [0.15, 0.2) is 47.3 Å². The van der Waals surface area contributed by atoms with Crippen LogP contribution in [-0.2, 0) is 0 Å². The lowest BCUT2D eigenvalue weighted by atomic mass is 9.93. The van der Waals surface area contributed by atoms with E-state index >= 15 is 0 Å². The smallest absolute Gasteiger partial charge is 0.125 e. The summed E-state index contributed by atoms with van der Waals surface area (Å²) in [5.74, 6) is 1.09. The normalized spacial score (nSPS) is 27.3. The van der Waals surface area contributed by atoms with Gasteiger partial charge in [-0.2, -0.15) is 5.10 Å². The summed E-state index contributed by atoms with van der Waals surface area (Å²) in [6, 6.07) is 10.3. The molecule has 2 atom stereocenters. The molecule has 18 heavy (non-hydrogen) atoms. The number of hydrogen-bond donors (Lipinski definition) is 2. The molecule has 4 heteroatoms. The molecule has 0 bridgehead atoms. The van der Waals surface area contributed by atoms with Crippen molar-refractivity contribution in [3.05, 3.63) is 47.7 Å². The van der Waals surface area contributed by atoms with Crippen molar-refractivity contribution in [1.29, 1.82) is 0 Å². The van der Waals surface area contributed by atoms with E-state index in [-0.39, 0.29) is 0 Å². The highest BCUT2D eigenvalue weighted by molar-refractivity contribution is 8.15. The molecule has 2 aliphatic rings. The molecule has 0 saturated carbocycles. The zero-order chi connectivity index (χ0) is 12.4. The molecule has 3 rings (SSSR count). The van der Waals surface area contributed by atoms with Gasteiger partial charge in [0.25, 0.3) is 0 Å². The topological polar surface area (TPSA) is 44.6 Å². The van der Waals surface area contributed by atoms with E-state index in [0.717, 1.165) is 24.3 Å². The summed E-state index contributed by atoms with van der Waals surface area (Å²) in [6.07, 6.45) is 4.71. The molecule has 3 nitrogen and oxygen atoms in total. The summed E-state index contributed by atoms with van der Waals surface area (Å²) in [5, 5.41) is 15.2. The first kappa shape index (κ1) is 11.7. The van der Waals surface area contributed by atoms with Gasteiger partial charge in [0.15, 0.2) is 0 Å². The molecule has 1 heterocycles. The highest BCUT2D eigenvalue weighted by Crippen LogP contribution is 2.34. The first-order valence-corrected chi connectivity index (χ1v) is 7.14. The molecule has 0 radical (unpaired) electrons. The number of nitrogens with one attached hydrogen (secondary N) is 1. The number of nitrogens with zero attached hydrogens (tertiary/aromatic N) is 1. The Kier molecular flexibility index (Phi) is 3.28. The highest BCUT2D eigenvalue weighted by atomic mass is 32.2. The van der Waals surface area contributed by atoms with E-state index in [1.165, 1.54) is 5.56 Å². The average molecular weight is 260 g/mol. The molecule has 0 spiro atoms. The van der Waals surface area contributed by atoms with Gasteiger partial charge in [-0.25, -0.2) is 0 Å². The molecular formula is C14H16N2OS. The fraction of sp³-hybridized carbons (Fsp3) is 0.357. The average Bonchev–Trinajstić information content (AvgIpc) is 2.90. The Hall–Kier alpha value is -1.42. The minimum atomic E-state index is 0.338. The Morgan fingerprint density at radius 3 is 2.83 bits per heavy atom. The van der Waals surface area contributed by atoms with Crippen molar-refractivity contribution in [2.24, 2.45) is 11.0 Å². The fourth-order valence-electron chi connectivity index (χ4n) is 2.33. The molecular weight excluding hydrogens is 244 g/mol. The van der Waals surface area contributed by atoms with Crippen LogP contribution in [0.5, 0.6) is 0 Å². The van der Waals surface area contributed by atoms with E-state index in [2.05, 4.69) is 22.7 Å². The first-order chi connectivity index (χ1) is 8.83. The zero-order valence-corrected chi connectivity index (χ0v) is 10.9. The summed E-state index contributed by atoms with van der Waals surface area (Å²) < 4.78 is 0. The van der Waals surface area contributed by atoms with Crippen LogP contribution in [0.2, 0.25) is 0 Å². The summed E-state index contributed by atoms with van der Waals surface area (Å²) in [4.78, 5) is 0. The lowest BCUT2D eigenvalue weighted by Crippen LogP contribution is -2.27. The molecule has 0 amide bonds. The summed E-state index contributed by atoms with van der Waals surface area (Å²) in [6.45, 7) is 0. The number of benzene rings is 1. The van der Waals surface area contributed by atoms with Crippen molar-refractivity contribution in [2.75, 3.05) is 0 Å². The maximum absolute atomic E-state index is 9.41. The van der Waals surface area contributed by atoms with Gasteiger partial charge in [0.1, 0.15) is 5.04 Å². The summed E-state index contributed by atoms with van der Waals surface area (Å²) in [7, 11) is 0. The van der Waals surface area contributed by atoms with Gasteiger partial charge in [0.2, 0.25) is 0 Å². The lowest BCUT2D eigenvalue weighted by molar-refractivity contribution is 0.324. The summed E-state index contributed by atoms with van der Waals surface area (Å²) >= 11 is 1.80. The number of hydrogen-bond acceptors (Lipinski definition) is 4. The van der Waals surface area contributed by atoms with Crippen molar-refractivity contribution in [1.82, 2.24) is 5.43 Å². The van der Waals surface area contributed by atoms with Crippen molar-refractivity contribution >= 4 is 16.8 Å². The Bertz CT molecular complexity index is 484. The molecule has 1 aromatic rings. The number of aliphatic hydroxyl groups is 1. The predicted octanol–water partition coefficient (Wildman–Crippen LogP) is 3.25. The number of rotatable bonds is 2. The highest BCUT2D eigenvalue weighted by Gasteiger charge is 2.29. The van der Waals surface area contributed by atoms with Gasteiger partial charge in [-0.1, -0.05) is 42.1 Å². The van der Waals surface area contributed by atoms with Crippen LogP contribution in [0.4, 0.5) is 0 Å². The van der Waals surface area contributed by atoms with E-state index < -0.39 is 0 Å². The second-order valence-corrected chi connectivity index (χ2v) is 5.81. The van der Waals surface area contributed by atoms with Gasteiger partial charge in [-0.15, -0.1) is 0 Å². The van der Waals surface area contributed by atoms with Gasteiger partial charge in [0, 0.05) is 12.0 Å². The largest absolute Gasteiger partial charge is 0.513 e. The Labute approximate surface area is 111 Å². The second-order valence-electron chi connectivity index (χ2n) is 4.68. The maximum atomic E-state index is 9.41. The van der Waals surface area contributed by atoms with Gasteiger partial charge >= 0.3 is 0 Å². The van der Waals surface area contributed by atoms with Crippen LogP contribution in [0.25, 0.3) is 0 Å². The number of hydrazone groups is 1. The van der Waals surface area contributed by atoms with Gasteiger partial charge < -0.3 is 5.11 Å². The molecule has 0 saturated heterocycles. The zero-order valence-electron chi connectivity index (χ0n) is 10.0. The lowest BCUT2D eigenvalue weighted by Gasteiger charge is -2.24. The Morgan fingerprint density at radius 1 is 1.28 bits per heavy atom. The van der Waals surface area contributed by atoms with Crippen LogP contribution < -0.4 is 5.43 Å². The van der Waals surface area contributed by atoms with Crippen molar-refractivity contribution in [3.8, 4) is 0 Å². The van der Waals surface area contributed by atoms with Crippen LogP contribution in [0, 0.1) is 5.92 Å². The standard InChI is InChI=1S/C14H16N2OS/c17-12-8-6-11(7-9-12)14-16-15-13(18-14)10-4-2-1-3-5-10/h1-5,8,11,14,16-17H,6-7,9H2. The van der Waals surface area contributed by atoms with Gasteiger partial charge in [-0.3, -0.25) is 5.43 Å². The monoisotopic (exact) mass is 260 g/mol. The maximum Gasteiger partial charge on any atom is 0.125 e. The Morgan fingerprint density at radius 2 is 2.11 bits per heavy atom. The second kappa shape index (κ2) is 5.06. The van der Waals surface area contributed by atoms with Crippen LogP contribution in [-0.4, -0.2) is 15.5 Å². The van der Waals surface area contributed by atoms with Gasteiger partial charge in [0.05, 0.1) is 11.1 Å². The third-order valence-corrected chi connectivity index (χ3v) is 4.70. The molecule has 0 aromatic heterocycles. The molecule has 1 aromatic carbocycles. The third kappa shape index (κ3) is 2.38. The minimum absolute atomic E-state index is 0.338. The number of aliphatic hydroxyl groups excluding tert-OH is 1. The number of allylic oxidation sites excluding steroid dienone is 2. The number of thioether (sulfide) groups is 1. The molecule has 2 unspecified atom stereocenters. The predicted molar refractivity (Wildman–Crippen MR) is 75.5 cm³/mol. The van der Waals surface area contributed by atoms with E-state index in [4.69, 9.17) is 0 Å². The molecule has 2 N–H and O–H groups in total. The van der Waals surface area contributed by atoms with E-state index in [1.807, 2.05) is 24.3 Å². The van der Waals surface area contributed by atoms with Gasteiger partial charge in [-0.05, 0) is 24.8 Å². The van der Waals surface area contributed by atoms with E-state index in [0.29, 0.717) is 17.1 Å². The van der Waals surface area contributed by atoms with Crippen LogP contribution in [0.1, 0.15) is 24.8 Å². The minimum Gasteiger partial charge on any atom is -0.513 e. The van der Waals surface area contributed by atoms with E-state index in [1.54, 1.807) is 11.8 Å². The quantitative estimate of drug-likeness (QED) is 0.858. The fourth-order valence-corrected chi connectivity index (χ4v) is 3.49. The van der Waals surface area contributed by atoms with Crippen LogP contribution in [0.3, 0.4) is 0 Å². The molecule has 0 fully saturated rings. The molecule has 1 aliphatic heterocycles. The Balaban J connectivity index is 1.65. The molecule has 1 aliphatic carbocycles. The van der Waals surface area contributed by atoms with Crippen molar-refractivity contribution in [2.45, 2.75) is 24.6 Å². The third-order valence-electron chi connectivity index (χ3n) is 3.41. The van der Waals surface area contributed by atoms with E-state index in [9.17, 15) is 5.11 Å². The van der Waals surface area contributed by atoms with Crippen molar-refractivity contribution in [3.63, 3.8) is 0 Å². The van der Waals surface area contributed by atoms with Crippen LogP contribution >= 0.6 is 11.8 Å². The summed E-state index contributed by atoms with van der Waals surface area (Å²) in [5.41, 5.74) is 4.40. The SMILES string of the molecule is OC1=CCC(C2NN=C(c3ccccc3)S2)CC1. The first-order valence-electron chi connectivity index (χ1n) is 6.26. The van der Waals surface area contributed by atoms with Crippen molar-refractivity contribution < 1.29 is 5.11 Å². The molecule has 94 valence electrons.